The molecule has 20 heavy (non-hydrogen) atoms. The van der Waals surface area contributed by atoms with Gasteiger partial charge in [0, 0.05) is 13.1 Å². The number of H-pyrrole nitrogens is 1. The number of nitrogens with zero attached hydrogens (tertiary/aromatic N) is 1. The van der Waals surface area contributed by atoms with E-state index in [0.29, 0.717) is 19.6 Å². The number of esters is 1. The van der Waals surface area contributed by atoms with Crippen molar-refractivity contribution in [3.63, 3.8) is 0 Å². The number of ether oxygens (including phenoxy) is 1. The van der Waals surface area contributed by atoms with E-state index in [1.165, 1.54) is 4.57 Å². The van der Waals surface area contributed by atoms with Crippen LogP contribution < -0.4 is 22.3 Å². The van der Waals surface area contributed by atoms with Crippen molar-refractivity contribution in [1.82, 2.24) is 9.55 Å². The Hall–Kier alpha value is -2.25. The van der Waals surface area contributed by atoms with Gasteiger partial charge in [-0.15, -0.1) is 0 Å². The molecule has 0 aromatic carbocycles. The third kappa shape index (κ3) is 3.87. The summed E-state index contributed by atoms with van der Waals surface area (Å²) in [5, 5.41) is 2.77. The molecule has 0 aliphatic heterocycles. The lowest BCUT2D eigenvalue weighted by Gasteiger charge is -2.12. The van der Waals surface area contributed by atoms with Crippen molar-refractivity contribution < 1.29 is 9.53 Å². The van der Waals surface area contributed by atoms with Gasteiger partial charge < -0.3 is 15.8 Å². The van der Waals surface area contributed by atoms with Crippen molar-refractivity contribution in [2.45, 2.75) is 33.2 Å². The molecule has 1 aromatic rings. The molecule has 4 N–H and O–H groups in total. The Morgan fingerprint density at radius 1 is 1.40 bits per heavy atom. The maximum absolute atomic E-state index is 11.7. The van der Waals surface area contributed by atoms with Crippen LogP contribution in [0.5, 0.6) is 0 Å². The second-order valence-corrected chi connectivity index (χ2v) is 4.15. The van der Waals surface area contributed by atoms with Gasteiger partial charge in [-0.05, 0) is 13.3 Å². The number of carbonyl (C=O) groups is 1. The van der Waals surface area contributed by atoms with Gasteiger partial charge in [-0.3, -0.25) is 19.1 Å². The minimum atomic E-state index is -0.594. The fraction of sp³-hybridized carbons (Fsp3) is 0.583. The Labute approximate surface area is 115 Å². The number of aromatic nitrogens is 2. The molecule has 1 aromatic heterocycles. The summed E-state index contributed by atoms with van der Waals surface area (Å²) in [5.74, 6) is -0.290. The van der Waals surface area contributed by atoms with Gasteiger partial charge in [0.1, 0.15) is 11.5 Å². The van der Waals surface area contributed by atoms with Crippen LogP contribution in [0.1, 0.15) is 26.7 Å². The monoisotopic (exact) mass is 284 g/mol. The van der Waals surface area contributed by atoms with Gasteiger partial charge in [-0.2, -0.15) is 0 Å². The Kier molecular flexibility index (Phi) is 5.82. The van der Waals surface area contributed by atoms with E-state index < -0.39 is 11.2 Å². The molecule has 0 amide bonds. The van der Waals surface area contributed by atoms with Gasteiger partial charge in [0.25, 0.3) is 5.56 Å². The zero-order valence-electron chi connectivity index (χ0n) is 11.7. The van der Waals surface area contributed by atoms with Crippen LogP contribution in [0.2, 0.25) is 0 Å². The predicted octanol–water partition coefficient (Wildman–Crippen LogP) is -0.106. The normalized spacial score (nSPS) is 10.3. The first kappa shape index (κ1) is 15.8. The number of carbonyl (C=O) groups excluding carboxylic acids is 1. The zero-order chi connectivity index (χ0) is 15.1. The molecule has 0 saturated carbocycles. The summed E-state index contributed by atoms with van der Waals surface area (Å²) >= 11 is 0. The summed E-state index contributed by atoms with van der Waals surface area (Å²) in [7, 11) is 0. The molecular formula is C12H20N4O4. The quantitative estimate of drug-likeness (QED) is 0.601. The smallest absolute Gasteiger partial charge is 0.330 e. The van der Waals surface area contributed by atoms with Crippen LogP contribution in [-0.2, 0) is 16.1 Å². The SMILES string of the molecule is CCCn1c(N)c(NCCC(=O)OCC)c(=O)[nH]c1=O. The number of nitrogens with one attached hydrogen (secondary N) is 2. The molecule has 0 spiro atoms. The average Bonchev–Trinajstić information content (AvgIpc) is 2.38. The molecule has 112 valence electrons. The third-order valence-electron chi connectivity index (χ3n) is 2.62. The number of hydrogen-bond acceptors (Lipinski definition) is 6. The molecule has 8 nitrogen and oxygen atoms in total. The second kappa shape index (κ2) is 7.37. The largest absolute Gasteiger partial charge is 0.466 e. The van der Waals surface area contributed by atoms with Crippen LogP contribution in [0.15, 0.2) is 9.59 Å². The number of anilines is 2. The zero-order valence-corrected chi connectivity index (χ0v) is 11.7. The number of nitrogen functional groups attached to an aromatic ring is 1. The molecule has 0 atom stereocenters. The van der Waals surface area contributed by atoms with Crippen molar-refractivity contribution in [2.75, 3.05) is 24.2 Å². The van der Waals surface area contributed by atoms with E-state index >= 15 is 0 Å². The van der Waals surface area contributed by atoms with Crippen molar-refractivity contribution in [1.29, 1.82) is 0 Å². The molecule has 0 saturated heterocycles. The molecule has 0 aliphatic carbocycles. The van der Waals surface area contributed by atoms with Crippen molar-refractivity contribution >= 4 is 17.5 Å². The number of hydrogen-bond donors (Lipinski definition) is 3. The highest BCUT2D eigenvalue weighted by atomic mass is 16.5. The summed E-state index contributed by atoms with van der Waals surface area (Å²) in [6, 6.07) is 0. The van der Waals surface area contributed by atoms with E-state index in [9.17, 15) is 14.4 Å². The fourth-order valence-electron chi connectivity index (χ4n) is 1.73. The summed E-state index contributed by atoms with van der Waals surface area (Å²) in [5.41, 5.74) is 4.78. The Bertz CT molecular complexity index is 576. The molecule has 1 rings (SSSR count). The van der Waals surface area contributed by atoms with E-state index in [2.05, 4.69) is 10.3 Å². The maximum Gasteiger partial charge on any atom is 0.330 e. The topological polar surface area (TPSA) is 119 Å². The van der Waals surface area contributed by atoms with Crippen LogP contribution in [0.3, 0.4) is 0 Å². The first-order valence-corrected chi connectivity index (χ1v) is 6.53. The first-order chi connectivity index (χ1) is 9.51. The highest BCUT2D eigenvalue weighted by Gasteiger charge is 2.12. The van der Waals surface area contributed by atoms with Crippen LogP contribution >= 0.6 is 0 Å². The Morgan fingerprint density at radius 2 is 2.10 bits per heavy atom. The van der Waals surface area contributed by atoms with Gasteiger partial charge in [0.2, 0.25) is 0 Å². The van der Waals surface area contributed by atoms with Gasteiger partial charge in [0.15, 0.2) is 0 Å². The Balaban J connectivity index is 2.85. The molecule has 0 fully saturated rings. The van der Waals surface area contributed by atoms with Crippen molar-refractivity contribution in [3.8, 4) is 0 Å². The van der Waals surface area contributed by atoms with Gasteiger partial charge in [0.05, 0.1) is 13.0 Å². The van der Waals surface area contributed by atoms with E-state index in [0.717, 1.165) is 0 Å². The van der Waals surface area contributed by atoms with Gasteiger partial charge >= 0.3 is 11.7 Å². The molecular weight excluding hydrogens is 264 g/mol. The lowest BCUT2D eigenvalue weighted by atomic mass is 10.3. The Morgan fingerprint density at radius 3 is 2.70 bits per heavy atom. The van der Waals surface area contributed by atoms with E-state index in [-0.39, 0.29) is 30.4 Å². The van der Waals surface area contributed by atoms with Crippen LogP contribution in [0.25, 0.3) is 0 Å². The summed E-state index contributed by atoms with van der Waals surface area (Å²) in [6.07, 6.45) is 0.818. The highest BCUT2D eigenvalue weighted by Crippen LogP contribution is 2.10. The third-order valence-corrected chi connectivity index (χ3v) is 2.62. The average molecular weight is 284 g/mol. The molecule has 1 heterocycles. The van der Waals surface area contributed by atoms with Crippen molar-refractivity contribution in [2.24, 2.45) is 0 Å². The number of aromatic amines is 1. The fourth-order valence-corrected chi connectivity index (χ4v) is 1.73. The van der Waals surface area contributed by atoms with E-state index in [1.54, 1.807) is 6.92 Å². The molecule has 0 unspecified atom stereocenters. The standard InChI is InChI=1S/C12H20N4O4/c1-3-7-16-10(13)9(11(18)15-12(16)19)14-6-5-8(17)20-4-2/h14H,3-7,13H2,1-2H3,(H,15,18,19). The predicted molar refractivity (Wildman–Crippen MR) is 75.8 cm³/mol. The van der Waals surface area contributed by atoms with Crippen LogP contribution in [0, 0.1) is 0 Å². The van der Waals surface area contributed by atoms with Gasteiger partial charge in [-0.1, -0.05) is 6.92 Å². The van der Waals surface area contributed by atoms with Crippen LogP contribution in [-0.4, -0.2) is 28.7 Å². The minimum absolute atomic E-state index is 0.0736. The minimum Gasteiger partial charge on any atom is -0.466 e. The summed E-state index contributed by atoms with van der Waals surface area (Å²) in [4.78, 5) is 36.7. The number of rotatable bonds is 7. The highest BCUT2D eigenvalue weighted by molar-refractivity contribution is 5.70. The molecule has 0 radical (unpaired) electrons. The lowest BCUT2D eigenvalue weighted by molar-refractivity contribution is -0.142. The van der Waals surface area contributed by atoms with E-state index in [1.807, 2.05) is 6.92 Å². The summed E-state index contributed by atoms with van der Waals surface area (Å²) in [6.45, 7) is 4.53. The molecule has 0 aliphatic rings. The summed E-state index contributed by atoms with van der Waals surface area (Å²) < 4.78 is 6.06. The van der Waals surface area contributed by atoms with Crippen LogP contribution in [0.4, 0.5) is 11.5 Å². The molecule has 8 heteroatoms. The van der Waals surface area contributed by atoms with Crippen molar-refractivity contribution in [3.05, 3.63) is 20.8 Å². The second-order valence-electron chi connectivity index (χ2n) is 4.15. The first-order valence-electron chi connectivity index (χ1n) is 6.53. The molecule has 0 bridgehead atoms. The van der Waals surface area contributed by atoms with E-state index in [4.69, 9.17) is 10.5 Å². The maximum atomic E-state index is 11.7. The number of nitrogens with two attached hydrogens (primary N) is 1. The lowest BCUT2D eigenvalue weighted by Crippen LogP contribution is -2.34. The van der Waals surface area contributed by atoms with Gasteiger partial charge in [-0.25, -0.2) is 4.79 Å².